The molecule has 2 fully saturated rings. The molecule has 4 heterocycles. The SMILES string of the molecule is O=C(c1ccc[nH]1)N1CCOCC2(CC(CNc3ncccn3)CO2)C1. The van der Waals surface area contributed by atoms with Gasteiger partial charge in [0.25, 0.3) is 5.91 Å². The average molecular weight is 357 g/mol. The first-order valence-corrected chi connectivity index (χ1v) is 8.89. The third-order valence-corrected chi connectivity index (χ3v) is 4.87. The van der Waals surface area contributed by atoms with Crippen molar-refractivity contribution in [1.82, 2.24) is 19.9 Å². The Kier molecular flexibility index (Phi) is 4.85. The van der Waals surface area contributed by atoms with E-state index >= 15 is 0 Å². The van der Waals surface area contributed by atoms with Crippen LogP contribution in [0.5, 0.6) is 0 Å². The zero-order valence-corrected chi connectivity index (χ0v) is 14.6. The van der Waals surface area contributed by atoms with Crippen LogP contribution < -0.4 is 5.32 Å². The number of carbonyl (C=O) groups excluding carboxylic acids is 1. The van der Waals surface area contributed by atoms with Crippen LogP contribution in [0.3, 0.4) is 0 Å². The van der Waals surface area contributed by atoms with Crippen LogP contribution in [0, 0.1) is 5.92 Å². The highest BCUT2D eigenvalue weighted by molar-refractivity contribution is 5.92. The molecule has 0 saturated carbocycles. The topological polar surface area (TPSA) is 92.4 Å². The maximum atomic E-state index is 12.7. The van der Waals surface area contributed by atoms with E-state index in [0.29, 0.717) is 50.5 Å². The van der Waals surface area contributed by atoms with E-state index in [4.69, 9.17) is 9.47 Å². The van der Waals surface area contributed by atoms with Gasteiger partial charge in [-0.3, -0.25) is 4.79 Å². The molecule has 8 nitrogen and oxygen atoms in total. The molecule has 2 atom stereocenters. The Bertz CT molecular complexity index is 724. The van der Waals surface area contributed by atoms with Crippen molar-refractivity contribution < 1.29 is 14.3 Å². The first kappa shape index (κ1) is 17.0. The van der Waals surface area contributed by atoms with Gasteiger partial charge in [0.1, 0.15) is 11.3 Å². The molecule has 2 saturated heterocycles. The molecule has 2 aliphatic rings. The minimum atomic E-state index is -0.442. The number of anilines is 1. The number of ether oxygens (including phenoxy) is 2. The molecule has 8 heteroatoms. The summed E-state index contributed by atoms with van der Waals surface area (Å²) < 4.78 is 11.9. The fourth-order valence-electron chi connectivity index (χ4n) is 3.62. The van der Waals surface area contributed by atoms with E-state index in [-0.39, 0.29) is 5.91 Å². The van der Waals surface area contributed by atoms with Gasteiger partial charge in [-0.15, -0.1) is 0 Å². The summed E-state index contributed by atoms with van der Waals surface area (Å²) >= 11 is 0. The Hall–Kier alpha value is -2.45. The molecule has 1 amide bonds. The third kappa shape index (κ3) is 3.71. The highest BCUT2D eigenvalue weighted by Gasteiger charge is 2.44. The number of amides is 1. The summed E-state index contributed by atoms with van der Waals surface area (Å²) in [6.45, 7) is 3.52. The molecule has 0 bridgehead atoms. The molecule has 2 aromatic heterocycles. The maximum Gasteiger partial charge on any atom is 0.270 e. The zero-order valence-electron chi connectivity index (χ0n) is 14.6. The van der Waals surface area contributed by atoms with Crippen LogP contribution in [-0.2, 0) is 9.47 Å². The van der Waals surface area contributed by atoms with E-state index in [9.17, 15) is 4.79 Å². The number of nitrogens with one attached hydrogen (secondary N) is 2. The summed E-state index contributed by atoms with van der Waals surface area (Å²) in [5.74, 6) is 0.930. The van der Waals surface area contributed by atoms with Crippen molar-refractivity contribution in [2.45, 2.75) is 12.0 Å². The van der Waals surface area contributed by atoms with Crippen LogP contribution in [0.15, 0.2) is 36.8 Å². The number of nitrogens with zero attached hydrogens (tertiary/aromatic N) is 3. The average Bonchev–Trinajstić information content (AvgIpc) is 3.29. The minimum Gasteiger partial charge on any atom is -0.377 e. The van der Waals surface area contributed by atoms with Crippen molar-refractivity contribution in [1.29, 1.82) is 0 Å². The van der Waals surface area contributed by atoms with E-state index in [1.807, 2.05) is 11.0 Å². The number of aromatic amines is 1. The lowest BCUT2D eigenvalue weighted by molar-refractivity contribution is -0.0538. The lowest BCUT2D eigenvalue weighted by Gasteiger charge is -2.31. The first-order chi connectivity index (χ1) is 12.7. The van der Waals surface area contributed by atoms with E-state index in [0.717, 1.165) is 13.0 Å². The largest absolute Gasteiger partial charge is 0.377 e. The summed E-state index contributed by atoms with van der Waals surface area (Å²) in [4.78, 5) is 25.9. The fourth-order valence-corrected chi connectivity index (χ4v) is 3.62. The molecular weight excluding hydrogens is 334 g/mol. The number of hydrogen-bond donors (Lipinski definition) is 2. The van der Waals surface area contributed by atoms with E-state index < -0.39 is 5.60 Å². The Morgan fingerprint density at radius 1 is 1.38 bits per heavy atom. The summed E-state index contributed by atoms with van der Waals surface area (Å²) in [5.41, 5.74) is 0.155. The molecule has 2 aromatic rings. The van der Waals surface area contributed by atoms with Crippen molar-refractivity contribution >= 4 is 11.9 Å². The predicted octanol–water partition coefficient (Wildman–Crippen LogP) is 1.16. The van der Waals surface area contributed by atoms with Gasteiger partial charge in [0.05, 0.1) is 26.4 Å². The second kappa shape index (κ2) is 7.43. The molecule has 26 heavy (non-hydrogen) atoms. The van der Waals surface area contributed by atoms with Gasteiger partial charge in [-0.05, 0) is 24.6 Å². The lowest BCUT2D eigenvalue weighted by Crippen LogP contribution is -2.46. The Morgan fingerprint density at radius 3 is 3.08 bits per heavy atom. The molecule has 2 N–H and O–H groups in total. The van der Waals surface area contributed by atoms with Crippen LogP contribution >= 0.6 is 0 Å². The molecular formula is C18H23N5O3. The van der Waals surface area contributed by atoms with Crippen LogP contribution in [0.1, 0.15) is 16.9 Å². The van der Waals surface area contributed by atoms with E-state index in [1.54, 1.807) is 30.7 Å². The fraction of sp³-hybridized carbons (Fsp3) is 0.500. The zero-order chi connectivity index (χ0) is 17.8. The van der Waals surface area contributed by atoms with Crippen molar-refractivity contribution in [2.75, 3.05) is 44.8 Å². The molecule has 2 aliphatic heterocycles. The van der Waals surface area contributed by atoms with Crippen molar-refractivity contribution in [3.8, 4) is 0 Å². The molecule has 0 radical (unpaired) electrons. The van der Waals surface area contributed by atoms with Gasteiger partial charge in [-0.25, -0.2) is 9.97 Å². The number of carbonyl (C=O) groups is 1. The van der Waals surface area contributed by atoms with Gasteiger partial charge in [-0.2, -0.15) is 0 Å². The summed E-state index contributed by atoms with van der Waals surface area (Å²) in [7, 11) is 0. The lowest BCUT2D eigenvalue weighted by atomic mass is 9.94. The number of aromatic nitrogens is 3. The smallest absolute Gasteiger partial charge is 0.270 e. The van der Waals surface area contributed by atoms with Crippen LogP contribution in [0.25, 0.3) is 0 Å². The molecule has 2 unspecified atom stereocenters. The van der Waals surface area contributed by atoms with Crippen molar-refractivity contribution in [2.24, 2.45) is 5.92 Å². The van der Waals surface area contributed by atoms with E-state index in [2.05, 4.69) is 20.3 Å². The molecule has 0 aromatic carbocycles. The highest BCUT2D eigenvalue weighted by Crippen LogP contribution is 2.33. The van der Waals surface area contributed by atoms with Crippen molar-refractivity contribution in [3.63, 3.8) is 0 Å². The van der Waals surface area contributed by atoms with Gasteiger partial charge in [0, 0.05) is 37.6 Å². The van der Waals surface area contributed by atoms with Crippen LogP contribution in [-0.4, -0.2) is 70.8 Å². The Balaban J connectivity index is 1.38. The number of H-pyrrole nitrogens is 1. The molecule has 4 rings (SSSR count). The molecule has 0 aliphatic carbocycles. The third-order valence-electron chi connectivity index (χ3n) is 4.87. The first-order valence-electron chi connectivity index (χ1n) is 8.89. The number of hydrogen-bond acceptors (Lipinski definition) is 6. The summed E-state index contributed by atoms with van der Waals surface area (Å²) in [6.07, 6.45) is 6.02. The quantitative estimate of drug-likeness (QED) is 0.853. The van der Waals surface area contributed by atoms with E-state index in [1.165, 1.54) is 0 Å². The minimum absolute atomic E-state index is 0.0114. The van der Waals surface area contributed by atoms with Crippen LogP contribution in [0.2, 0.25) is 0 Å². The van der Waals surface area contributed by atoms with Gasteiger partial charge in [-0.1, -0.05) is 0 Å². The Morgan fingerprint density at radius 2 is 2.27 bits per heavy atom. The standard InChI is InChI=1S/C18H23N5O3/c24-16(15-3-1-4-19-15)23-7-8-25-13-18(12-23)9-14(11-26-18)10-22-17-20-5-2-6-21-17/h1-6,14,19H,7-13H2,(H,20,21,22). The van der Waals surface area contributed by atoms with Crippen molar-refractivity contribution in [3.05, 3.63) is 42.5 Å². The molecule has 138 valence electrons. The summed E-state index contributed by atoms with van der Waals surface area (Å²) in [5, 5.41) is 3.25. The van der Waals surface area contributed by atoms with Gasteiger partial charge in [0.15, 0.2) is 0 Å². The van der Waals surface area contributed by atoms with Crippen LogP contribution in [0.4, 0.5) is 5.95 Å². The molecule has 1 spiro atoms. The maximum absolute atomic E-state index is 12.7. The normalized spacial score (nSPS) is 26.0. The second-order valence-electron chi connectivity index (χ2n) is 6.88. The number of rotatable bonds is 4. The predicted molar refractivity (Wildman–Crippen MR) is 94.8 cm³/mol. The van der Waals surface area contributed by atoms with Gasteiger partial charge < -0.3 is 24.7 Å². The highest BCUT2D eigenvalue weighted by atomic mass is 16.5. The summed E-state index contributed by atoms with van der Waals surface area (Å²) in [6, 6.07) is 5.41. The monoisotopic (exact) mass is 357 g/mol. The Labute approximate surface area is 151 Å². The second-order valence-corrected chi connectivity index (χ2v) is 6.88. The van der Waals surface area contributed by atoms with Gasteiger partial charge in [0.2, 0.25) is 5.95 Å². The van der Waals surface area contributed by atoms with Gasteiger partial charge >= 0.3 is 0 Å².